The first-order valence-electron chi connectivity index (χ1n) is 8.42. The Balaban J connectivity index is 1.51. The predicted octanol–water partition coefficient (Wildman–Crippen LogP) is 4.38. The fourth-order valence-electron chi connectivity index (χ4n) is 2.66. The largest absolute Gasteiger partial charge is 0.462 e. The Morgan fingerprint density at radius 2 is 1.68 bits per heavy atom. The molecular weight excluding hydrogens is 310 g/mol. The molecule has 0 N–H and O–H groups in total. The maximum atomic E-state index is 11.9. The van der Waals surface area contributed by atoms with Crippen LogP contribution in [0, 0.1) is 6.92 Å². The van der Waals surface area contributed by atoms with E-state index in [9.17, 15) is 4.79 Å². The monoisotopic (exact) mass is 331 g/mol. The zero-order valence-electron chi connectivity index (χ0n) is 14.3. The molecule has 0 saturated heterocycles. The van der Waals surface area contributed by atoms with E-state index in [0.29, 0.717) is 18.6 Å². The molecule has 0 atom stereocenters. The topological polar surface area (TPSA) is 39.2 Å². The summed E-state index contributed by atoms with van der Waals surface area (Å²) in [5.74, 6) is -0.273. The average Bonchev–Trinajstić information content (AvgIpc) is 2.65. The summed E-state index contributed by atoms with van der Waals surface area (Å²) in [5, 5.41) is 0. The number of pyridine rings is 1. The first-order valence-corrected chi connectivity index (χ1v) is 8.42. The van der Waals surface area contributed by atoms with Crippen LogP contribution < -0.4 is 0 Å². The number of benzene rings is 2. The van der Waals surface area contributed by atoms with Gasteiger partial charge in [0.15, 0.2) is 0 Å². The Kier molecular flexibility index (Phi) is 5.57. The van der Waals surface area contributed by atoms with E-state index < -0.39 is 0 Å². The third kappa shape index (κ3) is 4.77. The maximum absolute atomic E-state index is 11.9. The van der Waals surface area contributed by atoms with Gasteiger partial charge in [0.25, 0.3) is 0 Å². The molecule has 0 aliphatic rings. The number of carbonyl (C=O) groups excluding carboxylic acids is 1. The van der Waals surface area contributed by atoms with Gasteiger partial charge in [-0.2, -0.15) is 0 Å². The first-order chi connectivity index (χ1) is 12.2. The van der Waals surface area contributed by atoms with Crippen molar-refractivity contribution in [1.29, 1.82) is 0 Å². The molecule has 3 heteroatoms. The van der Waals surface area contributed by atoms with E-state index in [1.807, 2.05) is 30.6 Å². The first kappa shape index (κ1) is 16.9. The van der Waals surface area contributed by atoms with E-state index in [1.54, 1.807) is 12.1 Å². The summed E-state index contributed by atoms with van der Waals surface area (Å²) in [6.07, 6.45) is 5.34. The number of ether oxygens (including phenoxy) is 1. The quantitative estimate of drug-likeness (QED) is 0.629. The highest BCUT2D eigenvalue weighted by Gasteiger charge is 2.06. The molecule has 25 heavy (non-hydrogen) atoms. The molecule has 3 aromatic rings. The number of aryl methyl sites for hydroxylation is 1. The second kappa shape index (κ2) is 8.25. The Morgan fingerprint density at radius 3 is 2.40 bits per heavy atom. The number of carbonyl (C=O) groups is 1. The summed E-state index contributed by atoms with van der Waals surface area (Å²) in [6.45, 7) is 2.47. The number of aromatic nitrogens is 1. The van der Waals surface area contributed by atoms with Crippen LogP contribution in [0.25, 0.3) is 0 Å². The third-order valence-corrected chi connectivity index (χ3v) is 4.19. The Bertz CT molecular complexity index is 826. The molecule has 0 amide bonds. The van der Waals surface area contributed by atoms with Crippen molar-refractivity contribution in [3.8, 4) is 0 Å². The fourth-order valence-corrected chi connectivity index (χ4v) is 2.66. The van der Waals surface area contributed by atoms with Crippen molar-refractivity contribution in [3.63, 3.8) is 0 Å². The number of hydrogen-bond donors (Lipinski definition) is 0. The molecule has 3 nitrogen and oxygen atoms in total. The maximum Gasteiger partial charge on any atom is 0.338 e. The highest BCUT2D eigenvalue weighted by atomic mass is 16.5. The minimum absolute atomic E-state index is 0.273. The van der Waals surface area contributed by atoms with Crippen LogP contribution in [-0.2, 0) is 17.6 Å². The number of esters is 1. The van der Waals surface area contributed by atoms with Gasteiger partial charge in [0.05, 0.1) is 12.2 Å². The second-order valence-electron chi connectivity index (χ2n) is 6.05. The number of nitrogens with zero attached hydrogens (tertiary/aromatic N) is 1. The molecule has 1 aromatic heterocycles. The van der Waals surface area contributed by atoms with E-state index in [-0.39, 0.29) is 5.97 Å². The smallest absolute Gasteiger partial charge is 0.338 e. The highest BCUT2D eigenvalue weighted by molar-refractivity contribution is 5.89. The van der Waals surface area contributed by atoms with Gasteiger partial charge in [-0.05, 0) is 53.8 Å². The SMILES string of the molecule is Cc1cnccc1Cc1ccc(CCOC(=O)c2ccccc2)cc1. The minimum Gasteiger partial charge on any atom is -0.462 e. The molecule has 0 spiro atoms. The van der Waals surface area contributed by atoms with Gasteiger partial charge in [0.2, 0.25) is 0 Å². The molecule has 1 heterocycles. The van der Waals surface area contributed by atoms with Gasteiger partial charge in [0, 0.05) is 18.8 Å². The molecule has 0 saturated carbocycles. The standard InChI is InChI=1S/C22H21NO2/c1-17-16-23-13-11-21(17)15-19-9-7-18(8-10-19)12-14-25-22(24)20-5-3-2-4-6-20/h2-11,13,16H,12,14-15H2,1H3. The van der Waals surface area contributed by atoms with Crippen LogP contribution in [0.2, 0.25) is 0 Å². The molecule has 0 bridgehead atoms. The molecule has 126 valence electrons. The summed E-state index contributed by atoms with van der Waals surface area (Å²) in [5.41, 5.74) is 5.51. The lowest BCUT2D eigenvalue weighted by molar-refractivity contribution is 0.0509. The van der Waals surface area contributed by atoms with Crippen LogP contribution in [0.3, 0.4) is 0 Å². The van der Waals surface area contributed by atoms with Crippen molar-refractivity contribution in [2.24, 2.45) is 0 Å². The normalized spacial score (nSPS) is 10.4. The van der Waals surface area contributed by atoms with Crippen LogP contribution in [0.15, 0.2) is 73.1 Å². The van der Waals surface area contributed by atoms with E-state index in [4.69, 9.17) is 4.74 Å². The second-order valence-corrected chi connectivity index (χ2v) is 6.05. The molecule has 0 fully saturated rings. The molecular formula is C22H21NO2. The van der Waals surface area contributed by atoms with E-state index in [0.717, 1.165) is 12.0 Å². The van der Waals surface area contributed by atoms with Crippen LogP contribution in [0.5, 0.6) is 0 Å². The molecule has 0 unspecified atom stereocenters. The van der Waals surface area contributed by atoms with E-state index >= 15 is 0 Å². The summed E-state index contributed by atoms with van der Waals surface area (Å²) >= 11 is 0. The molecule has 0 aliphatic heterocycles. The molecule has 3 rings (SSSR count). The number of rotatable bonds is 6. The Hall–Kier alpha value is -2.94. The molecule has 2 aromatic carbocycles. The van der Waals surface area contributed by atoms with Gasteiger partial charge in [-0.1, -0.05) is 42.5 Å². The fraction of sp³-hybridized carbons (Fsp3) is 0.182. The zero-order valence-corrected chi connectivity index (χ0v) is 14.3. The van der Waals surface area contributed by atoms with Gasteiger partial charge >= 0.3 is 5.97 Å². The van der Waals surface area contributed by atoms with Crippen LogP contribution in [-0.4, -0.2) is 17.6 Å². The van der Waals surface area contributed by atoms with Gasteiger partial charge in [-0.15, -0.1) is 0 Å². The lowest BCUT2D eigenvalue weighted by Crippen LogP contribution is -2.08. The summed E-state index contributed by atoms with van der Waals surface area (Å²) in [7, 11) is 0. The predicted molar refractivity (Wildman–Crippen MR) is 98.7 cm³/mol. The average molecular weight is 331 g/mol. The third-order valence-electron chi connectivity index (χ3n) is 4.19. The van der Waals surface area contributed by atoms with Crippen molar-refractivity contribution < 1.29 is 9.53 Å². The van der Waals surface area contributed by atoms with Crippen molar-refractivity contribution in [1.82, 2.24) is 4.98 Å². The summed E-state index contributed by atoms with van der Waals surface area (Å²) in [4.78, 5) is 16.0. The van der Waals surface area contributed by atoms with E-state index in [1.165, 1.54) is 16.7 Å². The number of hydrogen-bond acceptors (Lipinski definition) is 3. The van der Waals surface area contributed by atoms with E-state index in [2.05, 4.69) is 42.2 Å². The van der Waals surface area contributed by atoms with Gasteiger partial charge in [-0.3, -0.25) is 4.98 Å². The molecule has 0 radical (unpaired) electrons. The van der Waals surface area contributed by atoms with Gasteiger partial charge in [-0.25, -0.2) is 4.79 Å². The summed E-state index contributed by atoms with van der Waals surface area (Å²) < 4.78 is 5.33. The zero-order chi connectivity index (χ0) is 17.5. The van der Waals surface area contributed by atoms with Gasteiger partial charge < -0.3 is 4.74 Å². The van der Waals surface area contributed by atoms with Crippen molar-refractivity contribution >= 4 is 5.97 Å². The van der Waals surface area contributed by atoms with Crippen LogP contribution in [0.1, 0.15) is 32.6 Å². The van der Waals surface area contributed by atoms with Crippen molar-refractivity contribution in [3.05, 3.63) is 101 Å². The van der Waals surface area contributed by atoms with Crippen LogP contribution >= 0.6 is 0 Å². The Labute approximate surface area is 148 Å². The van der Waals surface area contributed by atoms with Crippen molar-refractivity contribution in [2.45, 2.75) is 19.8 Å². The Morgan fingerprint density at radius 1 is 0.960 bits per heavy atom. The minimum atomic E-state index is -0.273. The summed E-state index contributed by atoms with van der Waals surface area (Å²) in [6, 6.07) is 19.6. The lowest BCUT2D eigenvalue weighted by Gasteiger charge is -2.07. The highest BCUT2D eigenvalue weighted by Crippen LogP contribution is 2.14. The molecule has 0 aliphatic carbocycles. The van der Waals surface area contributed by atoms with Crippen molar-refractivity contribution in [2.75, 3.05) is 6.61 Å². The van der Waals surface area contributed by atoms with Gasteiger partial charge in [0.1, 0.15) is 0 Å². The van der Waals surface area contributed by atoms with Crippen LogP contribution in [0.4, 0.5) is 0 Å². The lowest BCUT2D eigenvalue weighted by atomic mass is 10.0.